The molecule has 2 aromatic carbocycles. The maximum atomic E-state index is 12.7. The lowest BCUT2D eigenvalue weighted by atomic mass is 10.3. The summed E-state index contributed by atoms with van der Waals surface area (Å²) >= 11 is 6.08. The monoisotopic (exact) mass is 355 g/mol. The first-order valence-corrected chi connectivity index (χ1v) is 8.77. The molecule has 23 heavy (non-hydrogen) atoms. The summed E-state index contributed by atoms with van der Waals surface area (Å²) in [5, 5.41) is 0.256. The normalized spacial score (nSPS) is 11.1. The van der Waals surface area contributed by atoms with Gasteiger partial charge in [0.15, 0.2) is 0 Å². The maximum Gasteiger partial charge on any atom is 0.264 e. The number of anilines is 1. The van der Waals surface area contributed by atoms with Gasteiger partial charge in [0, 0.05) is 13.1 Å². The van der Waals surface area contributed by atoms with E-state index in [0.717, 1.165) is 0 Å². The Morgan fingerprint density at radius 1 is 1.17 bits per heavy atom. The first-order valence-electron chi connectivity index (χ1n) is 6.95. The predicted molar refractivity (Wildman–Crippen MR) is 91.2 cm³/mol. The number of halogens is 1. The molecule has 0 heterocycles. The molecule has 2 aromatic rings. The van der Waals surface area contributed by atoms with Gasteiger partial charge < -0.3 is 9.47 Å². The molecule has 2 rings (SSSR count). The molecule has 124 valence electrons. The number of nitrogens with zero attached hydrogens (tertiary/aromatic N) is 1. The zero-order valence-electron chi connectivity index (χ0n) is 13.1. The predicted octanol–water partition coefficient (Wildman–Crippen LogP) is 3.57. The van der Waals surface area contributed by atoms with E-state index in [1.165, 1.54) is 30.6 Å². The number of benzene rings is 2. The van der Waals surface area contributed by atoms with Gasteiger partial charge in [-0.1, -0.05) is 17.7 Å². The molecule has 0 spiro atoms. The Balaban J connectivity index is 2.38. The fourth-order valence-corrected chi connectivity index (χ4v) is 3.53. The second-order valence-electron chi connectivity index (χ2n) is 4.70. The summed E-state index contributed by atoms with van der Waals surface area (Å²) < 4.78 is 37.1. The van der Waals surface area contributed by atoms with E-state index >= 15 is 0 Å². The number of methoxy groups -OCH3 is 1. The molecule has 7 heteroatoms. The zero-order chi connectivity index (χ0) is 17.0. The standard InChI is InChI=1S/C16H18ClNO4S/c1-4-22-16-9-8-14(11-15(16)17)23(19,20)18(2)12-6-5-7-13(10-12)21-3/h5-11H,4H2,1-3H3. The summed E-state index contributed by atoms with van der Waals surface area (Å²) in [6.07, 6.45) is 0. The van der Waals surface area contributed by atoms with Crippen LogP contribution >= 0.6 is 11.6 Å². The van der Waals surface area contributed by atoms with Crippen molar-refractivity contribution in [1.82, 2.24) is 0 Å². The fraction of sp³-hybridized carbons (Fsp3) is 0.250. The van der Waals surface area contributed by atoms with E-state index in [2.05, 4.69) is 0 Å². The van der Waals surface area contributed by atoms with Crippen LogP contribution in [0.15, 0.2) is 47.4 Å². The summed E-state index contributed by atoms with van der Waals surface area (Å²) in [6, 6.07) is 11.2. The van der Waals surface area contributed by atoms with Gasteiger partial charge in [0.05, 0.1) is 29.3 Å². The van der Waals surface area contributed by atoms with Gasteiger partial charge in [-0.3, -0.25) is 4.31 Å². The van der Waals surface area contributed by atoms with Gasteiger partial charge in [0.2, 0.25) is 0 Å². The van der Waals surface area contributed by atoms with Crippen LogP contribution in [0.1, 0.15) is 6.92 Å². The highest BCUT2D eigenvalue weighted by molar-refractivity contribution is 7.92. The molecule has 0 atom stereocenters. The Labute approximate surface area is 141 Å². The molecule has 0 N–H and O–H groups in total. The van der Waals surface area contributed by atoms with Crippen molar-refractivity contribution in [2.75, 3.05) is 25.1 Å². The van der Waals surface area contributed by atoms with Gasteiger partial charge in [-0.15, -0.1) is 0 Å². The summed E-state index contributed by atoms with van der Waals surface area (Å²) in [5.74, 6) is 1.03. The third kappa shape index (κ3) is 3.71. The summed E-state index contributed by atoms with van der Waals surface area (Å²) in [7, 11) is -0.725. The van der Waals surface area contributed by atoms with Crippen LogP contribution in [0, 0.1) is 0 Å². The molecule has 0 aliphatic heterocycles. The van der Waals surface area contributed by atoms with Crippen molar-refractivity contribution in [3.8, 4) is 11.5 Å². The van der Waals surface area contributed by atoms with E-state index in [9.17, 15) is 8.42 Å². The highest BCUT2D eigenvalue weighted by Gasteiger charge is 2.22. The number of hydrogen-bond acceptors (Lipinski definition) is 4. The molecule has 0 radical (unpaired) electrons. The first-order chi connectivity index (χ1) is 10.9. The maximum absolute atomic E-state index is 12.7. The van der Waals surface area contributed by atoms with Gasteiger partial charge in [-0.2, -0.15) is 0 Å². The largest absolute Gasteiger partial charge is 0.497 e. The Morgan fingerprint density at radius 3 is 2.52 bits per heavy atom. The third-order valence-electron chi connectivity index (χ3n) is 3.28. The summed E-state index contributed by atoms with van der Waals surface area (Å²) in [5.41, 5.74) is 0.495. The van der Waals surface area contributed by atoms with Crippen LogP contribution in [0.4, 0.5) is 5.69 Å². The Bertz CT molecular complexity index is 792. The molecule has 0 aliphatic carbocycles. The third-order valence-corrected chi connectivity index (χ3v) is 5.36. The van der Waals surface area contributed by atoms with Crippen LogP contribution in [-0.4, -0.2) is 29.2 Å². The van der Waals surface area contributed by atoms with E-state index in [1.807, 2.05) is 6.92 Å². The van der Waals surface area contributed by atoms with Crippen molar-refractivity contribution in [2.24, 2.45) is 0 Å². The average molecular weight is 356 g/mol. The molecular weight excluding hydrogens is 338 g/mol. The van der Waals surface area contributed by atoms with Gasteiger partial charge in [0.1, 0.15) is 11.5 Å². The molecule has 0 bridgehead atoms. The fourth-order valence-electron chi connectivity index (χ4n) is 2.02. The number of ether oxygens (including phenoxy) is 2. The van der Waals surface area contributed by atoms with Crippen molar-refractivity contribution >= 4 is 27.3 Å². The van der Waals surface area contributed by atoms with E-state index in [-0.39, 0.29) is 9.92 Å². The Kier molecular flexibility index (Phi) is 5.38. The molecule has 0 unspecified atom stereocenters. The number of rotatable bonds is 6. The highest BCUT2D eigenvalue weighted by Crippen LogP contribution is 2.30. The quantitative estimate of drug-likeness (QED) is 0.794. The van der Waals surface area contributed by atoms with Crippen molar-refractivity contribution in [3.05, 3.63) is 47.5 Å². The molecule has 0 aliphatic rings. The minimum Gasteiger partial charge on any atom is -0.497 e. The van der Waals surface area contributed by atoms with Gasteiger partial charge in [-0.05, 0) is 37.3 Å². The molecule has 0 aromatic heterocycles. The van der Waals surface area contributed by atoms with Gasteiger partial charge in [-0.25, -0.2) is 8.42 Å². The molecule has 5 nitrogen and oxygen atoms in total. The van der Waals surface area contributed by atoms with Crippen molar-refractivity contribution in [2.45, 2.75) is 11.8 Å². The van der Waals surface area contributed by atoms with Crippen molar-refractivity contribution in [1.29, 1.82) is 0 Å². The van der Waals surface area contributed by atoms with E-state index < -0.39 is 10.0 Å². The highest BCUT2D eigenvalue weighted by atomic mass is 35.5. The first kappa shape index (κ1) is 17.4. The van der Waals surface area contributed by atoms with Crippen LogP contribution in [0.5, 0.6) is 11.5 Å². The lowest BCUT2D eigenvalue weighted by molar-refractivity contribution is 0.340. The smallest absolute Gasteiger partial charge is 0.264 e. The van der Waals surface area contributed by atoms with Crippen molar-refractivity contribution in [3.63, 3.8) is 0 Å². The average Bonchev–Trinajstić information content (AvgIpc) is 2.56. The van der Waals surface area contributed by atoms with E-state index in [4.69, 9.17) is 21.1 Å². The van der Waals surface area contributed by atoms with Crippen molar-refractivity contribution < 1.29 is 17.9 Å². The van der Waals surface area contributed by atoms with Crippen LogP contribution in [0.25, 0.3) is 0 Å². The minimum absolute atomic E-state index is 0.0938. The molecular formula is C16H18ClNO4S. The number of sulfonamides is 1. The SMILES string of the molecule is CCOc1ccc(S(=O)(=O)N(C)c2cccc(OC)c2)cc1Cl. The van der Waals surface area contributed by atoms with Crippen LogP contribution in [-0.2, 0) is 10.0 Å². The second-order valence-corrected chi connectivity index (χ2v) is 7.08. The summed E-state index contributed by atoms with van der Waals surface area (Å²) in [6.45, 7) is 2.28. The van der Waals surface area contributed by atoms with Gasteiger partial charge >= 0.3 is 0 Å². The lowest BCUT2D eigenvalue weighted by Gasteiger charge is -2.20. The topological polar surface area (TPSA) is 55.8 Å². The Hall–Kier alpha value is -1.92. The van der Waals surface area contributed by atoms with Crippen LogP contribution < -0.4 is 13.8 Å². The van der Waals surface area contributed by atoms with E-state index in [0.29, 0.717) is 23.8 Å². The molecule has 0 saturated heterocycles. The number of hydrogen-bond donors (Lipinski definition) is 0. The lowest BCUT2D eigenvalue weighted by Crippen LogP contribution is -2.26. The van der Waals surface area contributed by atoms with E-state index in [1.54, 1.807) is 30.3 Å². The minimum atomic E-state index is -3.73. The zero-order valence-corrected chi connectivity index (χ0v) is 14.7. The Morgan fingerprint density at radius 2 is 1.91 bits per heavy atom. The second kappa shape index (κ2) is 7.10. The molecule has 0 amide bonds. The van der Waals surface area contributed by atoms with Crippen LogP contribution in [0.2, 0.25) is 5.02 Å². The van der Waals surface area contributed by atoms with Gasteiger partial charge in [0.25, 0.3) is 10.0 Å². The molecule has 0 fully saturated rings. The van der Waals surface area contributed by atoms with Crippen LogP contribution in [0.3, 0.4) is 0 Å². The summed E-state index contributed by atoms with van der Waals surface area (Å²) in [4.78, 5) is 0.0938. The molecule has 0 saturated carbocycles.